The van der Waals surface area contributed by atoms with E-state index >= 15 is 0 Å². The average molecular weight is 456 g/mol. The average Bonchev–Trinajstić information content (AvgIpc) is 3.47. The van der Waals surface area contributed by atoms with Gasteiger partial charge in [0, 0.05) is 38.1 Å². The van der Waals surface area contributed by atoms with E-state index in [0.717, 1.165) is 42.0 Å². The van der Waals surface area contributed by atoms with Gasteiger partial charge in [-0.25, -0.2) is 0 Å². The summed E-state index contributed by atoms with van der Waals surface area (Å²) in [6.07, 6.45) is 6.01. The lowest BCUT2D eigenvalue weighted by Gasteiger charge is -2.34. The molecule has 0 radical (unpaired) electrons. The number of nitrogens with zero attached hydrogens (tertiary/aromatic N) is 3. The third-order valence-corrected chi connectivity index (χ3v) is 6.33. The van der Waals surface area contributed by atoms with Gasteiger partial charge in [0.15, 0.2) is 0 Å². The fourth-order valence-corrected chi connectivity index (χ4v) is 4.46. The second kappa shape index (κ2) is 10.0. The van der Waals surface area contributed by atoms with Crippen molar-refractivity contribution in [2.75, 3.05) is 39.8 Å². The summed E-state index contributed by atoms with van der Waals surface area (Å²) in [5.74, 6) is 0.847. The molecule has 6 heteroatoms. The largest absolute Gasteiger partial charge is 0.497 e. The van der Waals surface area contributed by atoms with Crippen LogP contribution in [-0.4, -0.2) is 60.1 Å². The van der Waals surface area contributed by atoms with Crippen LogP contribution in [0.3, 0.4) is 0 Å². The van der Waals surface area contributed by atoms with Gasteiger partial charge in [0.1, 0.15) is 11.4 Å². The number of hydrogen-bond acceptors (Lipinski definition) is 4. The number of aromatic nitrogens is 1. The van der Waals surface area contributed by atoms with Gasteiger partial charge in [-0.3, -0.25) is 9.69 Å². The molecule has 1 aliphatic heterocycles. The van der Waals surface area contributed by atoms with E-state index in [1.54, 1.807) is 13.4 Å². The quantitative estimate of drug-likeness (QED) is 0.403. The first-order valence-corrected chi connectivity index (χ1v) is 11.6. The molecule has 174 valence electrons. The Morgan fingerprint density at radius 3 is 2.62 bits per heavy atom. The summed E-state index contributed by atoms with van der Waals surface area (Å²) in [6, 6.07) is 22.1. The molecule has 0 atom stereocenters. The fraction of sp³-hybridized carbons (Fsp3) is 0.250. The van der Waals surface area contributed by atoms with Gasteiger partial charge in [0.25, 0.3) is 5.91 Å². The third kappa shape index (κ3) is 4.77. The van der Waals surface area contributed by atoms with Crippen molar-refractivity contribution < 1.29 is 13.9 Å². The van der Waals surface area contributed by atoms with Crippen molar-refractivity contribution in [1.82, 2.24) is 14.4 Å². The first kappa shape index (κ1) is 22.0. The molecule has 34 heavy (non-hydrogen) atoms. The van der Waals surface area contributed by atoms with Crippen molar-refractivity contribution in [3.8, 4) is 5.75 Å². The molecule has 0 spiro atoms. The van der Waals surface area contributed by atoms with Crippen molar-refractivity contribution in [1.29, 1.82) is 0 Å². The van der Waals surface area contributed by atoms with Crippen LogP contribution in [0.2, 0.25) is 0 Å². The molecule has 1 amide bonds. The number of ether oxygens (including phenoxy) is 1. The van der Waals surface area contributed by atoms with Gasteiger partial charge in [-0.15, -0.1) is 0 Å². The molecule has 2 aromatic heterocycles. The second-order valence-electron chi connectivity index (χ2n) is 8.55. The van der Waals surface area contributed by atoms with Gasteiger partial charge in [-0.1, -0.05) is 54.6 Å². The zero-order valence-corrected chi connectivity index (χ0v) is 19.4. The number of fused-ring (bicyclic) bond motifs is 1. The number of rotatable bonds is 7. The minimum Gasteiger partial charge on any atom is -0.497 e. The van der Waals surface area contributed by atoms with Crippen LogP contribution in [0.25, 0.3) is 17.2 Å². The zero-order chi connectivity index (χ0) is 23.3. The number of amides is 1. The van der Waals surface area contributed by atoms with Crippen LogP contribution in [0.4, 0.5) is 0 Å². The number of carbonyl (C=O) groups excluding carboxylic acids is 1. The number of hydrogen-bond donors (Lipinski definition) is 0. The number of piperazine rings is 1. The SMILES string of the molecule is COc1cccc(Cn2c(C(=O)N3CCN(CC=Cc4ccccc4)CC3)cc3ccoc32)c1. The molecule has 0 unspecified atom stereocenters. The van der Waals surface area contributed by atoms with Crippen LogP contribution < -0.4 is 4.74 Å². The Hall–Kier alpha value is -3.77. The molecule has 0 N–H and O–H groups in total. The summed E-state index contributed by atoms with van der Waals surface area (Å²) in [6.45, 7) is 4.57. The lowest BCUT2D eigenvalue weighted by Crippen LogP contribution is -2.49. The highest BCUT2D eigenvalue weighted by Gasteiger charge is 2.26. The van der Waals surface area contributed by atoms with Crippen molar-refractivity contribution >= 4 is 23.1 Å². The number of carbonyl (C=O) groups is 1. The Morgan fingerprint density at radius 2 is 1.82 bits per heavy atom. The minimum absolute atomic E-state index is 0.0498. The maximum absolute atomic E-state index is 13.5. The standard InChI is InChI=1S/C28H29N3O3/c1-33-25-11-5-9-23(19-25)21-31-26(20-24-12-18-34-28(24)31)27(32)30-16-14-29(15-17-30)13-6-10-22-7-3-2-4-8-22/h2-12,18-20H,13-17,21H2,1H3. The normalized spacial score (nSPS) is 14.8. The van der Waals surface area contributed by atoms with E-state index in [9.17, 15) is 4.79 Å². The Labute approximate surface area is 199 Å². The summed E-state index contributed by atoms with van der Waals surface area (Å²) in [7, 11) is 1.66. The molecule has 1 saturated heterocycles. The summed E-state index contributed by atoms with van der Waals surface area (Å²) in [4.78, 5) is 17.8. The zero-order valence-electron chi connectivity index (χ0n) is 19.4. The van der Waals surface area contributed by atoms with Crippen LogP contribution in [0.15, 0.2) is 83.5 Å². The molecule has 3 heterocycles. The molecule has 5 rings (SSSR count). The van der Waals surface area contributed by atoms with E-state index < -0.39 is 0 Å². The maximum atomic E-state index is 13.5. The number of methoxy groups -OCH3 is 1. The van der Waals surface area contributed by atoms with Crippen molar-refractivity contribution in [2.24, 2.45) is 0 Å². The smallest absolute Gasteiger partial charge is 0.270 e. The van der Waals surface area contributed by atoms with E-state index in [-0.39, 0.29) is 5.91 Å². The molecule has 2 aromatic carbocycles. The Bertz CT molecular complexity index is 1280. The first-order valence-electron chi connectivity index (χ1n) is 11.6. The summed E-state index contributed by atoms with van der Waals surface area (Å²) >= 11 is 0. The Morgan fingerprint density at radius 1 is 1.00 bits per heavy atom. The van der Waals surface area contributed by atoms with Crippen molar-refractivity contribution in [2.45, 2.75) is 6.54 Å². The maximum Gasteiger partial charge on any atom is 0.270 e. The minimum atomic E-state index is 0.0498. The van der Waals surface area contributed by atoms with E-state index in [0.29, 0.717) is 25.3 Å². The highest BCUT2D eigenvalue weighted by Crippen LogP contribution is 2.25. The van der Waals surface area contributed by atoms with Crippen LogP contribution in [0.1, 0.15) is 21.6 Å². The van der Waals surface area contributed by atoms with Crippen LogP contribution in [-0.2, 0) is 6.54 Å². The predicted octanol–water partition coefficient (Wildman–Crippen LogP) is 4.76. The second-order valence-corrected chi connectivity index (χ2v) is 8.55. The lowest BCUT2D eigenvalue weighted by molar-refractivity contribution is 0.0640. The molecule has 6 nitrogen and oxygen atoms in total. The molecular formula is C28H29N3O3. The van der Waals surface area contributed by atoms with E-state index in [4.69, 9.17) is 9.15 Å². The van der Waals surface area contributed by atoms with Crippen molar-refractivity contribution in [3.05, 3.63) is 95.9 Å². The number of benzene rings is 2. The monoisotopic (exact) mass is 455 g/mol. The molecule has 0 aliphatic carbocycles. The molecule has 0 bridgehead atoms. The summed E-state index contributed by atoms with van der Waals surface area (Å²) in [5, 5.41) is 0.941. The molecular weight excluding hydrogens is 426 g/mol. The highest BCUT2D eigenvalue weighted by atomic mass is 16.5. The van der Waals surface area contributed by atoms with Gasteiger partial charge >= 0.3 is 0 Å². The summed E-state index contributed by atoms with van der Waals surface area (Å²) in [5.41, 5.74) is 3.64. The van der Waals surface area contributed by atoms with Crippen LogP contribution in [0.5, 0.6) is 5.75 Å². The third-order valence-electron chi connectivity index (χ3n) is 6.33. The van der Waals surface area contributed by atoms with Crippen LogP contribution >= 0.6 is 0 Å². The van der Waals surface area contributed by atoms with Gasteiger partial charge in [0.2, 0.25) is 5.71 Å². The van der Waals surface area contributed by atoms with Gasteiger partial charge < -0.3 is 18.6 Å². The number of furan rings is 1. The van der Waals surface area contributed by atoms with Gasteiger partial charge in [-0.2, -0.15) is 0 Å². The topological polar surface area (TPSA) is 50.9 Å². The summed E-state index contributed by atoms with van der Waals surface area (Å²) < 4.78 is 13.1. The van der Waals surface area contributed by atoms with Gasteiger partial charge in [-0.05, 0) is 35.4 Å². The fourth-order valence-electron chi connectivity index (χ4n) is 4.46. The van der Waals surface area contributed by atoms with E-state index in [2.05, 4.69) is 29.2 Å². The molecule has 0 saturated carbocycles. The van der Waals surface area contributed by atoms with Gasteiger partial charge in [0.05, 0.1) is 19.9 Å². The van der Waals surface area contributed by atoms with E-state index in [1.807, 2.05) is 64.1 Å². The van der Waals surface area contributed by atoms with E-state index in [1.165, 1.54) is 5.56 Å². The first-order chi connectivity index (χ1) is 16.7. The Kier molecular flexibility index (Phi) is 6.49. The molecule has 1 aliphatic rings. The van der Waals surface area contributed by atoms with Crippen LogP contribution in [0, 0.1) is 0 Å². The Balaban J connectivity index is 1.26. The molecule has 1 fully saturated rings. The predicted molar refractivity (Wildman–Crippen MR) is 134 cm³/mol. The van der Waals surface area contributed by atoms with Crippen molar-refractivity contribution in [3.63, 3.8) is 0 Å². The highest BCUT2D eigenvalue weighted by molar-refractivity contribution is 5.97. The molecule has 4 aromatic rings. The lowest BCUT2D eigenvalue weighted by atomic mass is 10.2.